The summed E-state index contributed by atoms with van der Waals surface area (Å²) in [6, 6.07) is 4.11. The van der Waals surface area contributed by atoms with Gasteiger partial charge in [-0.1, -0.05) is 6.07 Å². The first-order chi connectivity index (χ1) is 9.97. The Labute approximate surface area is 118 Å². The van der Waals surface area contributed by atoms with Gasteiger partial charge in [0.15, 0.2) is 0 Å². The molecule has 2 N–H and O–H groups in total. The Hall–Kier alpha value is -2.83. The maximum Gasteiger partial charge on any atom is 0.337 e. The van der Waals surface area contributed by atoms with Crippen molar-refractivity contribution in [2.75, 3.05) is 5.32 Å². The molecule has 7 heteroatoms. The van der Waals surface area contributed by atoms with Gasteiger partial charge < -0.3 is 10.4 Å². The van der Waals surface area contributed by atoms with E-state index < -0.39 is 23.5 Å². The van der Waals surface area contributed by atoms with Crippen LogP contribution in [0.25, 0.3) is 0 Å². The van der Waals surface area contributed by atoms with Crippen LogP contribution in [0.5, 0.6) is 0 Å². The van der Waals surface area contributed by atoms with Crippen LogP contribution in [0.2, 0.25) is 0 Å². The second-order valence-electron chi connectivity index (χ2n) is 4.19. The number of aromatic carboxylic acids is 1. The van der Waals surface area contributed by atoms with E-state index in [0.29, 0.717) is 6.07 Å². The number of halogens is 2. The van der Waals surface area contributed by atoms with E-state index in [2.05, 4.69) is 10.3 Å². The minimum absolute atomic E-state index is 0.00895. The number of aromatic nitrogens is 1. The summed E-state index contributed by atoms with van der Waals surface area (Å²) in [6.45, 7) is 0. The number of hydrogen-bond acceptors (Lipinski definition) is 3. The van der Waals surface area contributed by atoms with Gasteiger partial charge in [0.1, 0.15) is 11.6 Å². The van der Waals surface area contributed by atoms with Crippen LogP contribution in [-0.2, 0) is 11.2 Å². The second-order valence-corrected chi connectivity index (χ2v) is 4.19. The molecule has 1 aromatic heterocycles. The van der Waals surface area contributed by atoms with Crippen LogP contribution in [0.4, 0.5) is 14.5 Å². The zero-order valence-electron chi connectivity index (χ0n) is 10.6. The van der Waals surface area contributed by atoms with Gasteiger partial charge in [0, 0.05) is 12.3 Å². The normalized spacial score (nSPS) is 10.2. The standard InChI is InChI=1S/C14H10F2N2O3/c15-9-2-1-8(11(16)6-9)5-13(19)18-12-7-17-4-3-10(12)14(20)21/h1-4,6-7H,5H2,(H,18,19)(H,20,21). The summed E-state index contributed by atoms with van der Waals surface area (Å²) in [5, 5.41) is 11.3. The van der Waals surface area contributed by atoms with Gasteiger partial charge in [-0.3, -0.25) is 9.78 Å². The molecule has 0 atom stereocenters. The van der Waals surface area contributed by atoms with Crippen molar-refractivity contribution in [3.8, 4) is 0 Å². The van der Waals surface area contributed by atoms with Crippen LogP contribution in [-0.4, -0.2) is 22.0 Å². The first-order valence-corrected chi connectivity index (χ1v) is 5.88. The van der Waals surface area contributed by atoms with E-state index in [9.17, 15) is 18.4 Å². The molecule has 1 heterocycles. The van der Waals surface area contributed by atoms with Crippen molar-refractivity contribution in [3.05, 3.63) is 59.4 Å². The van der Waals surface area contributed by atoms with Crippen molar-refractivity contribution in [2.24, 2.45) is 0 Å². The first-order valence-electron chi connectivity index (χ1n) is 5.88. The lowest BCUT2D eigenvalue weighted by Crippen LogP contribution is -2.17. The van der Waals surface area contributed by atoms with Crippen molar-refractivity contribution in [3.63, 3.8) is 0 Å². The van der Waals surface area contributed by atoms with Gasteiger partial charge in [0.25, 0.3) is 0 Å². The fraction of sp³-hybridized carbons (Fsp3) is 0.0714. The summed E-state index contributed by atoms with van der Waals surface area (Å²) in [7, 11) is 0. The summed E-state index contributed by atoms with van der Waals surface area (Å²) in [5.41, 5.74) is -0.106. The number of hydrogen-bond donors (Lipinski definition) is 2. The molecule has 0 saturated carbocycles. The number of amides is 1. The Bertz CT molecular complexity index is 704. The zero-order valence-corrected chi connectivity index (χ0v) is 10.6. The third kappa shape index (κ3) is 3.59. The van der Waals surface area contributed by atoms with E-state index in [1.54, 1.807) is 0 Å². The Kier molecular flexibility index (Phi) is 4.22. The lowest BCUT2D eigenvalue weighted by molar-refractivity contribution is -0.115. The lowest BCUT2D eigenvalue weighted by atomic mass is 10.1. The third-order valence-corrected chi connectivity index (χ3v) is 2.69. The monoisotopic (exact) mass is 292 g/mol. The molecule has 2 rings (SSSR count). The van der Waals surface area contributed by atoms with Crippen molar-refractivity contribution in [1.82, 2.24) is 4.98 Å². The Morgan fingerprint density at radius 2 is 2.00 bits per heavy atom. The second kappa shape index (κ2) is 6.08. The van der Waals surface area contributed by atoms with Gasteiger partial charge in [-0.15, -0.1) is 0 Å². The number of nitrogens with zero attached hydrogens (tertiary/aromatic N) is 1. The number of rotatable bonds is 4. The summed E-state index contributed by atoms with van der Waals surface area (Å²) >= 11 is 0. The highest BCUT2D eigenvalue weighted by Gasteiger charge is 2.14. The highest BCUT2D eigenvalue weighted by atomic mass is 19.1. The topological polar surface area (TPSA) is 79.3 Å². The Morgan fingerprint density at radius 3 is 2.67 bits per heavy atom. The van der Waals surface area contributed by atoms with Crippen molar-refractivity contribution < 1.29 is 23.5 Å². The molecule has 5 nitrogen and oxygen atoms in total. The fourth-order valence-corrected chi connectivity index (χ4v) is 1.71. The first kappa shape index (κ1) is 14.6. The molecule has 0 radical (unpaired) electrons. The van der Waals surface area contributed by atoms with Crippen LogP contribution >= 0.6 is 0 Å². The number of carboxylic acids is 1. The van der Waals surface area contributed by atoms with Gasteiger partial charge in [-0.25, -0.2) is 13.6 Å². The third-order valence-electron chi connectivity index (χ3n) is 2.69. The molecule has 0 unspecified atom stereocenters. The van der Waals surface area contributed by atoms with E-state index in [0.717, 1.165) is 12.1 Å². The summed E-state index contributed by atoms with van der Waals surface area (Å²) in [4.78, 5) is 26.5. The molecular weight excluding hydrogens is 282 g/mol. The minimum atomic E-state index is -1.22. The van der Waals surface area contributed by atoms with E-state index in [1.807, 2.05) is 0 Å². The van der Waals surface area contributed by atoms with Crippen molar-refractivity contribution in [1.29, 1.82) is 0 Å². The molecule has 0 aliphatic heterocycles. The van der Waals surface area contributed by atoms with Crippen molar-refractivity contribution in [2.45, 2.75) is 6.42 Å². The summed E-state index contributed by atoms with van der Waals surface area (Å²) in [6.07, 6.45) is 2.11. The summed E-state index contributed by atoms with van der Waals surface area (Å²) in [5.74, 6) is -3.43. The van der Waals surface area contributed by atoms with E-state index in [-0.39, 0.29) is 23.2 Å². The molecule has 0 aliphatic carbocycles. The molecule has 21 heavy (non-hydrogen) atoms. The number of nitrogens with one attached hydrogen (secondary N) is 1. The van der Waals surface area contributed by atoms with Crippen LogP contribution in [0, 0.1) is 11.6 Å². The minimum Gasteiger partial charge on any atom is -0.478 e. The number of carbonyl (C=O) groups excluding carboxylic acids is 1. The molecular formula is C14H10F2N2O3. The van der Waals surface area contributed by atoms with Crippen LogP contribution in [0.3, 0.4) is 0 Å². The van der Waals surface area contributed by atoms with Crippen LogP contribution in [0.15, 0.2) is 36.7 Å². The number of pyridine rings is 1. The van der Waals surface area contributed by atoms with Gasteiger partial charge >= 0.3 is 5.97 Å². The number of carboxylic acid groups (broad SMARTS) is 1. The quantitative estimate of drug-likeness (QED) is 0.905. The lowest BCUT2D eigenvalue weighted by Gasteiger charge is -2.08. The predicted octanol–water partition coefficient (Wildman–Crippen LogP) is 2.24. The molecule has 1 amide bonds. The zero-order chi connectivity index (χ0) is 15.4. The summed E-state index contributed by atoms with van der Waals surface area (Å²) < 4.78 is 26.2. The maximum atomic E-state index is 13.4. The van der Waals surface area contributed by atoms with Crippen LogP contribution in [0.1, 0.15) is 15.9 Å². The van der Waals surface area contributed by atoms with Crippen molar-refractivity contribution >= 4 is 17.6 Å². The predicted molar refractivity (Wildman–Crippen MR) is 69.9 cm³/mol. The van der Waals surface area contributed by atoms with Crippen LogP contribution < -0.4 is 5.32 Å². The Morgan fingerprint density at radius 1 is 1.24 bits per heavy atom. The highest BCUT2D eigenvalue weighted by molar-refractivity contribution is 6.00. The Balaban J connectivity index is 2.14. The fourth-order valence-electron chi connectivity index (χ4n) is 1.71. The highest BCUT2D eigenvalue weighted by Crippen LogP contribution is 2.15. The average molecular weight is 292 g/mol. The SMILES string of the molecule is O=C(Cc1ccc(F)cc1F)Nc1cnccc1C(=O)O. The smallest absolute Gasteiger partial charge is 0.337 e. The molecule has 0 aliphatic rings. The van der Waals surface area contributed by atoms with Gasteiger partial charge in [-0.05, 0) is 17.7 Å². The molecule has 0 spiro atoms. The van der Waals surface area contributed by atoms with E-state index >= 15 is 0 Å². The largest absolute Gasteiger partial charge is 0.478 e. The average Bonchev–Trinajstić information content (AvgIpc) is 2.42. The molecule has 0 bridgehead atoms. The molecule has 2 aromatic rings. The number of anilines is 1. The number of carbonyl (C=O) groups is 2. The maximum absolute atomic E-state index is 13.4. The molecule has 0 saturated heterocycles. The number of benzene rings is 1. The molecule has 1 aromatic carbocycles. The molecule has 0 fully saturated rings. The van der Waals surface area contributed by atoms with Gasteiger partial charge in [0.2, 0.25) is 5.91 Å². The van der Waals surface area contributed by atoms with E-state index in [4.69, 9.17) is 5.11 Å². The molecule has 108 valence electrons. The van der Waals surface area contributed by atoms with E-state index in [1.165, 1.54) is 18.5 Å². The van der Waals surface area contributed by atoms with Gasteiger partial charge in [0.05, 0.1) is 23.9 Å². The van der Waals surface area contributed by atoms with Gasteiger partial charge in [-0.2, -0.15) is 0 Å².